The summed E-state index contributed by atoms with van der Waals surface area (Å²) in [5.41, 5.74) is 14.3. The maximum Gasteiger partial charge on any atom is 0.293 e. The molecule has 5 heteroatoms. The molecule has 0 aliphatic carbocycles. The van der Waals surface area contributed by atoms with E-state index in [0.29, 0.717) is 19.0 Å². The molecule has 0 amide bonds. The molecule has 2 aromatic carbocycles. The molecule has 148 valence electrons. The number of ether oxygens (including phenoxy) is 1. The summed E-state index contributed by atoms with van der Waals surface area (Å²) in [7, 11) is 1.81. The summed E-state index contributed by atoms with van der Waals surface area (Å²) in [6.45, 7) is 11.3. The number of anilines is 2. The Morgan fingerprint density at radius 3 is 2.22 bits per heavy atom. The Morgan fingerprint density at radius 1 is 1.11 bits per heavy atom. The highest BCUT2D eigenvalue weighted by Gasteiger charge is 2.18. The normalized spacial score (nSPS) is 11.2. The third kappa shape index (κ3) is 5.73. The van der Waals surface area contributed by atoms with Crippen LogP contribution in [-0.4, -0.2) is 20.1 Å². The van der Waals surface area contributed by atoms with E-state index in [4.69, 9.17) is 11.6 Å². The second kappa shape index (κ2) is 10.6. The van der Waals surface area contributed by atoms with E-state index in [-0.39, 0.29) is 0 Å². The van der Waals surface area contributed by atoms with Gasteiger partial charge >= 0.3 is 0 Å². The van der Waals surface area contributed by atoms with Gasteiger partial charge in [-0.3, -0.25) is 4.79 Å². The number of benzene rings is 2. The molecule has 2 aromatic rings. The highest BCUT2D eigenvalue weighted by molar-refractivity contribution is 5.72. The number of rotatable bonds is 6. The van der Waals surface area contributed by atoms with Gasteiger partial charge in [0.1, 0.15) is 0 Å². The first-order valence-electron chi connectivity index (χ1n) is 9.28. The first-order valence-corrected chi connectivity index (χ1v) is 9.28. The minimum absolute atomic E-state index is 0.360. The number of nitrogens with zero attached hydrogens (tertiary/aromatic N) is 1. The molecular formula is C22H33N3O2. The van der Waals surface area contributed by atoms with Gasteiger partial charge in [0.25, 0.3) is 6.47 Å². The summed E-state index contributed by atoms with van der Waals surface area (Å²) in [4.78, 5) is 9.18. The number of hydrogen-bond donors (Lipinski definition) is 2. The molecule has 0 saturated carbocycles. The lowest BCUT2D eigenvalue weighted by Gasteiger charge is -2.23. The van der Waals surface area contributed by atoms with E-state index in [9.17, 15) is 4.79 Å². The maximum atomic E-state index is 9.18. The zero-order chi connectivity index (χ0) is 20.6. The Hall–Kier alpha value is -2.53. The first-order chi connectivity index (χ1) is 12.8. The molecule has 0 aliphatic rings. The quantitative estimate of drug-likeness (QED) is 0.344. The predicted octanol–water partition coefficient (Wildman–Crippen LogP) is 4.23. The van der Waals surface area contributed by atoms with Crippen molar-refractivity contribution >= 4 is 17.8 Å². The number of aryl methyl sites for hydroxylation is 2. The van der Waals surface area contributed by atoms with Crippen LogP contribution in [0, 0.1) is 20.8 Å². The molecule has 2 rings (SSSR count). The van der Waals surface area contributed by atoms with Gasteiger partial charge in [-0.2, -0.15) is 0 Å². The highest BCUT2D eigenvalue weighted by Crippen LogP contribution is 2.36. The molecule has 0 saturated heterocycles. The average Bonchev–Trinajstić information content (AvgIpc) is 2.63. The molecule has 0 aromatic heterocycles. The van der Waals surface area contributed by atoms with Crippen molar-refractivity contribution < 1.29 is 9.53 Å². The molecular weight excluding hydrogens is 338 g/mol. The van der Waals surface area contributed by atoms with Gasteiger partial charge in [0.2, 0.25) is 0 Å². The van der Waals surface area contributed by atoms with Gasteiger partial charge < -0.3 is 15.5 Å². The molecule has 27 heavy (non-hydrogen) atoms. The third-order valence-electron chi connectivity index (χ3n) is 4.87. The van der Waals surface area contributed by atoms with Crippen molar-refractivity contribution in [1.29, 1.82) is 0 Å². The van der Waals surface area contributed by atoms with E-state index < -0.39 is 0 Å². The van der Waals surface area contributed by atoms with Crippen LogP contribution in [0.2, 0.25) is 0 Å². The smallest absolute Gasteiger partial charge is 0.293 e. The van der Waals surface area contributed by atoms with Crippen LogP contribution in [0.15, 0.2) is 30.3 Å². The van der Waals surface area contributed by atoms with E-state index in [1.165, 1.54) is 22.3 Å². The fraction of sp³-hybridized carbons (Fsp3) is 0.409. The molecule has 4 N–H and O–H groups in total. The zero-order valence-electron chi connectivity index (χ0n) is 17.4. The minimum Gasteiger partial charge on any atom is -0.468 e. The molecule has 0 heterocycles. The molecule has 0 aliphatic heterocycles. The van der Waals surface area contributed by atoms with Crippen molar-refractivity contribution in [3.63, 3.8) is 0 Å². The largest absolute Gasteiger partial charge is 0.468 e. The van der Waals surface area contributed by atoms with Crippen molar-refractivity contribution in [2.45, 2.75) is 47.0 Å². The van der Waals surface area contributed by atoms with Crippen LogP contribution in [-0.2, 0) is 9.53 Å². The Labute approximate surface area is 163 Å². The monoisotopic (exact) mass is 371 g/mol. The lowest BCUT2D eigenvalue weighted by molar-refractivity contribution is -0.128. The molecule has 0 bridgehead atoms. The average molecular weight is 372 g/mol. The predicted molar refractivity (Wildman–Crippen MR) is 114 cm³/mol. The van der Waals surface area contributed by atoms with Gasteiger partial charge in [-0.05, 0) is 68.0 Å². The van der Waals surface area contributed by atoms with Gasteiger partial charge in [0, 0.05) is 13.0 Å². The van der Waals surface area contributed by atoms with Crippen molar-refractivity contribution in [2.75, 3.05) is 24.4 Å². The van der Waals surface area contributed by atoms with Gasteiger partial charge in [-0.1, -0.05) is 31.2 Å². The molecule has 0 spiro atoms. The molecule has 0 radical (unpaired) electrons. The van der Waals surface area contributed by atoms with Crippen LogP contribution in [0.5, 0.6) is 0 Å². The van der Waals surface area contributed by atoms with Crippen LogP contribution in [0.1, 0.15) is 54.0 Å². The lowest BCUT2D eigenvalue weighted by Crippen LogP contribution is -2.26. The number of nitrogens with two attached hydrogens (primary N) is 2. The summed E-state index contributed by atoms with van der Waals surface area (Å²) in [5.74, 6) is 6.20. The summed E-state index contributed by atoms with van der Waals surface area (Å²) < 4.78 is 4.15. The molecule has 0 fully saturated rings. The van der Waals surface area contributed by atoms with Gasteiger partial charge in [0.15, 0.2) is 0 Å². The van der Waals surface area contributed by atoms with E-state index in [1.54, 1.807) is 11.9 Å². The van der Waals surface area contributed by atoms with E-state index in [0.717, 1.165) is 23.4 Å². The highest BCUT2D eigenvalue weighted by atomic mass is 16.5. The minimum atomic E-state index is 0.360. The number of hydrazine groups is 1. The summed E-state index contributed by atoms with van der Waals surface area (Å²) in [5, 5.41) is 1.57. The van der Waals surface area contributed by atoms with Crippen LogP contribution in [0.4, 0.5) is 11.4 Å². The maximum absolute atomic E-state index is 9.18. The van der Waals surface area contributed by atoms with E-state index >= 15 is 0 Å². The van der Waals surface area contributed by atoms with Crippen LogP contribution < -0.4 is 16.6 Å². The van der Waals surface area contributed by atoms with Crippen molar-refractivity contribution in [3.8, 4) is 0 Å². The van der Waals surface area contributed by atoms with Gasteiger partial charge in [0.05, 0.1) is 18.0 Å². The summed E-state index contributed by atoms with van der Waals surface area (Å²) in [6.07, 6.45) is 1.04. The topological polar surface area (TPSA) is 81.6 Å². The molecule has 1 atom stereocenters. The van der Waals surface area contributed by atoms with Gasteiger partial charge in [-0.25, -0.2) is 5.84 Å². The van der Waals surface area contributed by atoms with E-state index in [1.807, 2.05) is 13.1 Å². The van der Waals surface area contributed by atoms with E-state index in [2.05, 4.69) is 56.7 Å². The number of nitrogen functional groups attached to an aromatic ring is 1. The van der Waals surface area contributed by atoms with Crippen LogP contribution >= 0.6 is 0 Å². The first kappa shape index (κ1) is 22.5. The van der Waals surface area contributed by atoms with Crippen molar-refractivity contribution in [3.05, 3.63) is 58.1 Å². The molecule has 5 nitrogen and oxygen atoms in total. The summed E-state index contributed by atoms with van der Waals surface area (Å²) in [6, 6.07) is 10.9. The standard InChI is InChI=1S/C19H27N3.C3H6O2/c1-6-16(15-8-7-12(2)13(3)11-15)17-9-10-18(22(5)21)19(20)14(17)4;1-2-5-3-4/h7-11,16H,6,20-21H2,1-5H3;3H,2H2,1H3/t16-;/m1./s1. The SMILES string of the molecule is CCOC=O.CC[C@H](c1ccc(C)c(C)c1)c1ccc(N(C)N)c(N)c1C. The lowest BCUT2D eigenvalue weighted by atomic mass is 9.84. The number of carbonyl (C=O) groups excluding carboxylic acids is 1. The zero-order valence-corrected chi connectivity index (χ0v) is 17.4. The van der Waals surface area contributed by atoms with Crippen LogP contribution in [0.3, 0.4) is 0 Å². The Kier molecular flexibility index (Phi) is 8.82. The Bertz CT molecular complexity index is 757. The van der Waals surface area contributed by atoms with Crippen molar-refractivity contribution in [1.82, 2.24) is 0 Å². The van der Waals surface area contributed by atoms with Crippen molar-refractivity contribution in [2.24, 2.45) is 5.84 Å². The fourth-order valence-corrected chi connectivity index (χ4v) is 3.10. The molecule has 0 unspecified atom stereocenters. The second-order valence-corrected chi connectivity index (χ2v) is 6.68. The number of carbonyl (C=O) groups is 1. The Balaban J connectivity index is 0.000000646. The second-order valence-electron chi connectivity index (χ2n) is 6.68. The van der Waals surface area contributed by atoms with Gasteiger partial charge in [-0.15, -0.1) is 0 Å². The number of hydrogen-bond acceptors (Lipinski definition) is 5. The Morgan fingerprint density at radius 2 is 1.78 bits per heavy atom. The van der Waals surface area contributed by atoms with Crippen LogP contribution in [0.25, 0.3) is 0 Å². The fourth-order valence-electron chi connectivity index (χ4n) is 3.10. The third-order valence-corrected chi connectivity index (χ3v) is 4.87. The summed E-state index contributed by atoms with van der Waals surface area (Å²) >= 11 is 0.